The van der Waals surface area contributed by atoms with Crippen molar-refractivity contribution in [1.29, 1.82) is 0 Å². The van der Waals surface area contributed by atoms with E-state index in [9.17, 15) is 4.79 Å². The smallest absolute Gasteiger partial charge is 0.220 e. The Hall–Kier alpha value is -2.61. The van der Waals surface area contributed by atoms with Gasteiger partial charge >= 0.3 is 0 Å². The maximum atomic E-state index is 12.1. The van der Waals surface area contributed by atoms with Gasteiger partial charge in [-0.15, -0.1) is 0 Å². The molecule has 0 radical (unpaired) electrons. The fraction of sp³-hybridized carbons (Fsp3) is 0.227. The van der Waals surface area contributed by atoms with Crippen LogP contribution in [0.1, 0.15) is 30.0 Å². The number of rotatable bonds is 6. The van der Waals surface area contributed by atoms with Gasteiger partial charge in [0.05, 0.1) is 0 Å². The van der Waals surface area contributed by atoms with Crippen LogP contribution in [0.4, 0.5) is 0 Å². The highest BCUT2D eigenvalue weighted by molar-refractivity contribution is 5.86. The molecule has 3 aromatic carbocycles. The average molecular weight is 317 g/mol. The number of carbonyl (C=O) groups is 1. The van der Waals surface area contributed by atoms with Gasteiger partial charge < -0.3 is 5.32 Å². The second-order valence-corrected chi connectivity index (χ2v) is 6.09. The number of fused-ring (bicyclic) bond motifs is 1. The number of amides is 1. The van der Waals surface area contributed by atoms with Gasteiger partial charge in [-0.05, 0) is 40.3 Å². The molecule has 0 spiro atoms. The Balaban J connectivity index is 1.55. The normalized spacial score (nSPS) is 10.7. The summed E-state index contributed by atoms with van der Waals surface area (Å²) in [4.78, 5) is 12.1. The molecule has 2 nitrogen and oxygen atoms in total. The molecular weight excluding hydrogens is 294 g/mol. The van der Waals surface area contributed by atoms with Crippen molar-refractivity contribution in [2.24, 2.45) is 0 Å². The Labute approximate surface area is 143 Å². The van der Waals surface area contributed by atoms with Crippen molar-refractivity contribution in [1.82, 2.24) is 5.32 Å². The van der Waals surface area contributed by atoms with Gasteiger partial charge in [0.2, 0.25) is 5.91 Å². The summed E-state index contributed by atoms with van der Waals surface area (Å²) in [6, 6.07) is 23.0. The van der Waals surface area contributed by atoms with Crippen LogP contribution in [0.25, 0.3) is 10.8 Å². The van der Waals surface area contributed by atoms with Crippen LogP contribution >= 0.6 is 0 Å². The largest absolute Gasteiger partial charge is 0.352 e. The van der Waals surface area contributed by atoms with E-state index in [0.29, 0.717) is 13.0 Å². The van der Waals surface area contributed by atoms with Crippen molar-refractivity contribution in [2.45, 2.75) is 32.7 Å². The van der Waals surface area contributed by atoms with E-state index in [4.69, 9.17) is 0 Å². The third kappa shape index (κ3) is 4.02. The van der Waals surface area contributed by atoms with Crippen LogP contribution in [-0.2, 0) is 24.2 Å². The van der Waals surface area contributed by atoms with E-state index in [-0.39, 0.29) is 5.91 Å². The monoisotopic (exact) mass is 317 g/mol. The number of aryl methyl sites for hydroxylation is 2. The van der Waals surface area contributed by atoms with Crippen molar-refractivity contribution in [2.75, 3.05) is 0 Å². The number of benzene rings is 3. The van der Waals surface area contributed by atoms with E-state index < -0.39 is 0 Å². The molecule has 3 aromatic rings. The number of hydrogen-bond acceptors (Lipinski definition) is 1. The second-order valence-electron chi connectivity index (χ2n) is 6.09. The van der Waals surface area contributed by atoms with Crippen LogP contribution in [0.2, 0.25) is 0 Å². The van der Waals surface area contributed by atoms with Crippen LogP contribution in [0.15, 0.2) is 66.7 Å². The zero-order valence-electron chi connectivity index (χ0n) is 14.1. The summed E-state index contributed by atoms with van der Waals surface area (Å²) in [5, 5.41) is 5.46. The first-order valence-electron chi connectivity index (χ1n) is 8.57. The van der Waals surface area contributed by atoms with Crippen molar-refractivity contribution in [3.05, 3.63) is 83.4 Å². The van der Waals surface area contributed by atoms with Gasteiger partial charge in [0, 0.05) is 13.0 Å². The molecule has 0 atom stereocenters. The van der Waals surface area contributed by atoms with Gasteiger partial charge in [0.15, 0.2) is 0 Å². The minimum absolute atomic E-state index is 0.0995. The SMILES string of the molecule is CCc1ccc(CCC(=O)NCc2cccc3ccccc23)cc1. The third-order valence-corrected chi connectivity index (χ3v) is 4.43. The maximum absolute atomic E-state index is 12.1. The van der Waals surface area contributed by atoms with E-state index in [1.54, 1.807) is 0 Å². The van der Waals surface area contributed by atoms with E-state index in [2.05, 4.69) is 60.8 Å². The van der Waals surface area contributed by atoms with Crippen LogP contribution in [0, 0.1) is 0 Å². The highest BCUT2D eigenvalue weighted by Crippen LogP contribution is 2.18. The molecular formula is C22H23NO. The summed E-state index contributed by atoms with van der Waals surface area (Å²) in [5.74, 6) is 0.0995. The molecule has 1 amide bonds. The van der Waals surface area contributed by atoms with Crippen molar-refractivity contribution in [3.63, 3.8) is 0 Å². The lowest BCUT2D eigenvalue weighted by molar-refractivity contribution is -0.121. The molecule has 3 rings (SSSR count). The number of nitrogens with one attached hydrogen (secondary N) is 1. The molecule has 0 aliphatic carbocycles. The summed E-state index contributed by atoms with van der Waals surface area (Å²) in [5.41, 5.74) is 3.71. The zero-order chi connectivity index (χ0) is 16.8. The molecule has 1 N–H and O–H groups in total. The molecule has 122 valence electrons. The highest BCUT2D eigenvalue weighted by atomic mass is 16.1. The fourth-order valence-electron chi connectivity index (χ4n) is 2.93. The van der Waals surface area contributed by atoms with Crippen LogP contribution in [-0.4, -0.2) is 5.91 Å². The van der Waals surface area contributed by atoms with E-state index >= 15 is 0 Å². The summed E-state index contributed by atoms with van der Waals surface area (Å²) in [6.07, 6.45) is 2.35. The molecule has 0 saturated heterocycles. The minimum atomic E-state index is 0.0995. The highest BCUT2D eigenvalue weighted by Gasteiger charge is 2.05. The van der Waals surface area contributed by atoms with Gasteiger partial charge in [0.25, 0.3) is 0 Å². The lowest BCUT2D eigenvalue weighted by atomic mass is 10.0. The maximum Gasteiger partial charge on any atom is 0.220 e. The zero-order valence-corrected chi connectivity index (χ0v) is 14.1. The van der Waals surface area contributed by atoms with Gasteiger partial charge in [-0.3, -0.25) is 4.79 Å². The topological polar surface area (TPSA) is 29.1 Å². The Bertz CT molecular complexity index is 816. The third-order valence-electron chi connectivity index (χ3n) is 4.43. The number of carbonyl (C=O) groups excluding carboxylic acids is 1. The van der Waals surface area contributed by atoms with Crippen LogP contribution < -0.4 is 5.32 Å². The molecule has 0 aromatic heterocycles. The van der Waals surface area contributed by atoms with E-state index in [1.165, 1.54) is 21.9 Å². The lowest BCUT2D eigenvalue weighted by Crippen LogP contribution is -2.23. The predicted molar refractivity (Wildman–Crippen MR) is 99.9 cm³/mol. The number of hydrogen-bond donors (Lipinski definition) is 1. The van der Waals surface area contributed by atoms with Gasteiger partial charge in [-0.2, -0.15) is 0 Å². The first-order valence-corrected chi connectivity index (χ1v) is 8.57. The molecule has 0 bridgehead atoms. The molecule has 0 unspecified atom stereocenters. The fourth-order valence-corrected chi connectivity index (χ4v) is 2.93. The Morgan fingerprint density at radius 1 is 0.875 bits per heavy atom. The molecule has 0 fully saturated rings. The Kier molecular flexibility index (Phi) is 5.27. The minimum Gasteiger partial charge on any atom is -0.352 e. The first kappa shape index (κ1) is 16.3. The molecule has 24 heavy (non-hydrogen) atoms. The van der Waals surface area contributed by atoms with Crippen molar-refractivity contribution < 1.29 is 4.79 Å². The second kappa shape index (κ2) is 7.78. The molecule has 0 heterocycles. The molecule has 0 aliphatic rings. The average Bonchev–Trinajstić information content (AvgIpc) is 2.65. The van der Waals surface area contributed by atoms with Crippen LogP contribution in [0.5, 0.6) is 0 Å². The predicted octanol–water partition coefficient (Wildman–Crippen LogP) is 4.65. The quantitative estimate of drug-likeness (QED) is 0.704. The first-order chi connectivity index (χ1) is 11.8. The summed E-state index contributed by atoms with van der Waals surface area (Å²) in [6.45, 7) is 2.73. The van der Waals surface area contributed by atoms with Crippen molar-refractivity contribution >= 4 is 16.7 Å². The van der Waals surface area contributed by atoms with E-state index in [1.807, 2.05) is 18.2 Å². The van der Waals surface area contributed by atoms with Crippen molar-refractivity contribution in [3.8, 4) is 0 Å². The molecule has 0 saturated carbocycles. The summed E-state index contributed by atoms with van der Waals surface area (Å²) < 4.78 is 0. The summed E-state index contributed by atoms with van der Waals surface area (Å²) >= 11 is 0. The molecule has 0 aliphatic heterocycles. The molecule has 2 heteroatoms. The lowest BCUT2D eigenvalue weighted by Gasteiger charge is -2.09. The summed E-state index contributed by atoms with van der Waals surface area (Å²) in [7, 11) is 0. The van der Waals surface area contributed by atoms with Gasteiger partial charge in [-0.1, -0.05) is 73.7 Å². The standard InChI is InChI=1S/C22H23NO/c1-2-17-10-12-18(13-11-17)14-15-22(24)23-16-20-8-5-7-19-6-3-4-9-21(19)20/h3-13H,2,14-16H2,1H3,(H,23,24). The van der Waals surface area contributed by atoms with Gasteiger partial charge in [-0.25, -0.2) is 0 Å². The Morgan fingerprint density at radius 2 is 1.58 bits per heavy atom. The van der Waals surface area contributed by atoms with Gasteiger partial charge in [0.1, 0.15) is 0 Å². The van der Waals surface area contributed by atoms with Crippen LogP contribution in [0.3, 0.4) is 0 Å². The Morgan fingerprint density at radius 3 is 2.38 bits per heavy atom. The van der Waals surface area contributed by atoms with E-state index in [0.717, 1.165) is 18.4 Å².